The van der Waals surface area contributed by atoms with E-state index < -0.39 is 0 Å². The Morgan fingerprint density at radius 2 is 1.96 bits per heavy atom. The van der Waals surface area contributed by atoms with Crippen LogP contribution in [0, 0.1) is 5.82 Å². The van der Waals surface area contributed by atoms with Gasteiger partial charge in [-0.3, -0.25) is 9.69 Å². The van der Waals surface area contributed by atoms with E-state index in [9.17, 15) is 14.0 Å². The summed E-state index contributed by atoms with van der Waals surface area (Å²) in [4.78, 5) is 28.9. The second-order valence-corrected chi connectivity index (χ2v) is 7.45. The number of cyclic esters (lactones) is 1. The Balaban J connectivity index is 1.47. The first-order valence-corrected chi connectivity index (χ1v) is 9.68. The molecular formula is C18H23FN2O3S. The van der Waals surface area contributed by atoms with E-state index in [1.807, 2.05) is 9.80 Å². The number of benzene rings is 1. The summed E-state index contributed by atoms with van der Waals surface area (Å²) in [6.45, 7) is 3.86. The average molecular weight is 366 g/mol. The van der Waals surface area contributed by atoms with E-state index in [2.05, 4.69) is 6.92 Å². The smallest absolute Gasteiger partial charge is 0.410 e. The molecule has 0 aliphatic carbocycles. The number of likely N-dealkylation sites (tertiary alicyclic amines) is 1. The van der Waals surface area contributed by atoms with Crippen LogP contribution < -0.4 is 0 Å². The molecule has 25 heavy (non-hydrogen) atoms. The Morgan fingerprint density at radius 1 is 1.28 bits per heavy atom. The fourth-order valence-corrected chi connectivity index (χ4v) is 4.20. The molecule has 0 aromatic heterocycles. The minimum absolute atomic E-state index is 0.0869. The molecule has 2 aliphatic rings. The highest BCUT2D eigenvalue weighted by Crippen LogP contribution is 2.26. The van der Waals surface area contributed by atoms with Gasteiger partial charge in [0.2, 0.25) is 5.91 Å². The van der Waals surface area contributed by atoms with Crippen LogP contribution in [0.1, 0.15) is 26.2 Å². The minimum atomic E-state index is -0.274. The van der Waals surface area contributed by atoms with Crippen LogP contribution in [0.3, 0.4) is 0 Å². The summed E-state index contributed by atoms with van der Waals surface area (Å²) in [5.41, 5.74) is 0. The lowest BCUT2D eigenvalue weighted by Gasteiger charge is -2.37. The van der Waals surface area contributed by atoms with E-state index in [-0.39, 0.29) is 29.9 Å². The number of carbonyl (C=O) groups excluding carboxylic acids is 2. The number of rotatable bonds is 5. The first-order chi connectivity index (χ1) is 12.1. The third-order valence-electron chi connectivity index (χ3n) is 4.86. The third-order valence-corrected chi connectivity index (χ3v) is 5.86. The van der Waals surface area contributed by atoms with Crippen molar-refractivity contribution in [3.63, 3.8) is 0 Å². The maximum absolute atomic E-state index is 12.9. The third kappa shape index (κ3) is 4.26. The lowest BCUT2D eigenvalue weighted by Crippen LogP contribution is -2.50. The molecule has 2 aliphatic heterocycles. The van der Waals surface area contributed by atoms with Crippen molar-refractivity contribution in [2.24, 2.45) is 0 Å². The molecule has 2 heterocycles. The molecule has 0 saturated carbocycles. The second-order valence-electron chi connectivity index (χ2n) is 6.40. The number of ether oxygens (including phenoxy) is 1. The van der Waals surface area contributed by atoms with Gasteiger partial charge in [-0.1, -0.05) is 6.92 Å². The van der Waals surface area contributed by atoms with Gasteiger partial charge in [-0.2, -0.15) is 0 Å². The molecule has 0 bridgehead atoms. The maximum Gasteiger partial charge on any atom is 0.410 e. The molecule has 2 fully saturated rings. The van der Waals surface area contributed by atoms with E-state index in [1.165, 1.54) is 23.9 Å². The lowest BCUT2D eigenvalue weighted by molar-refractivity contribution is -0.129. The van der Waals surface area contributed by atoms with Crippen molar-refractivity contribution in [1.82, 2.24) is 9.80 Å². The van der Waals surface area contributed by atoms with Crippen molar-refractivity contribution < 1.29 is 18.7 Å². The van der Waals surface area contributed by atoms with Gasteiger partial charge in [0.25, 0.3) is 0 Å². The Kier molecular flexibility index (Phi) is 5.83. The first-order valence-electron chi connectivity index (χ1n) is 8.69. The van der Waals surface area contributed by atoms with Crippen molar-refractivity contribution in [1.29, 1.82) is 0 Å². The van der Waals surface area contributed by atoms with Crippen LogP contribution in [0.15, 0.2) is 29.2 Å². The van der Waals surface area contributed by atoms with Crippen LogP contribution in [-0.4, -0.2) is 59.3 Å². The molecule has 5 nitrogen and oxygen atoms in total. The number of carbonyl (C=O) groups is 2. The molecule has 0 spiro atoms. The van der Waals surface area contributed by atoms with Gasteiger partial charge in [0.1, 0.15) is 12.4 Å². The van der Waals surface area contributed by atoms with Crippen LogP contribution >= 0.6 is 11.8 Å². The van der Waals surface area contributed by atoms with Gasteiger partial charge in [0.15, 0.2) is 0 Å². The number of amides is 2. The summed E-state index contributed by atoms with van der Waals surface area (Å²) in [5.74, 6) is 0.159. The highest BCUT2D eigenvalue weighted by atomic mass is 32.2. The fourth-order valence-electron chi connectivity index (χ4n) is 3.39. The van der Waals surface area contributed by atoms with Crippen molar-refractivity contribution in [2.75, 3.05) is 25.4 Å². The van der Waals surface area contributed by atoms with Gasteiger partial charge in [0.05, 0.1) is 11.8 Å². The highest BCUT2D eigenvalue weighted by Gasteiger charge is 2.38. The lowest BCUT2D eigenvalue weighted by atomic mass is 10.0. The standard InChI is InChI=1S/C18H23FN2O3S/c1-2-14-11-24-18(23)21(14)15-7-9-20(10-8-15)17(22)12-25-16-5-3-13(19)4-6-16/h3-6,14-15H,2,7-12H2,1H3. The SMILES string of the molecule is CCC1COC(=O)N1C1CCN(C(=O)CSc2ccc(F)cc2)CC1. The molecule has 2 saturated heterocycles. The van der Waals surface area contributed by atoms with E-state index in [1.54, 1.807) is 12.1 Å². The fraction of sp³-hybridized carbons (Fsp3) is 0.556. The molecule has 3 rings (SSSR count). The van der Waals surface area contributed by atoms with Crippen LogP contribution in [-0.2, 0) is 9.53 Å². The second kappa shape index (κ2) is 8.08. The largest absolute Gasteiger partial charge is 0.447 e. The molecule has 1 aromatic rings. The van der Waals surface area contributed by atoms with Crippen LogP contribution in [0.4, 0.5) is 9.18 Å². The molecule has 1 atom stereocenters. The van der Waals surface area contributed by atoms with E-state index in [0.29, 0.717) is 25.4 Å². The number of hydrogen-bond donors (Lipinski definition) is 0. The average Bonchev–Trinajstić information content (AvgIpc) is 3.02. The predicted octanol–water partition coefficient (Wildman–Crippen LogP) is 3.14. The maximum atomic E-state index is 12.9. The van der Waals surface area contributed by atoms with Crippen molar-refractivity contribution in [3.05, 3.63) is 30.1 Å². The summed E-state index contributed by atoms with van der Waals surface area (Å²) >= 11 is 1.42. The Morgan fingerprint density at radius 3 is 2.60 bits per heavy atom. The van der Waals surface area contributed by atoms with E-state index in [4.69, 9.17) is 4.74 Å². The topological polar surface area (TPSA) is 49.9 Å². The molecular weight excluding hydrogens is 343 g/mol. The van der Waals surface area contributed by atoms with Crippen LogP contribution in [0.2, 0.25) is 0 Å². The molecule has 2 amide bonds. The van der Waals surface area contributed by atoms with E-state index in [0.717, 1.165) is 24.2 Å². The van der Waals surface area contributed by atoms with Gasteiger partial charge in [-0.05, 0) is 43.5 Å². The molecule has 0 radical (unpaired) electrons. The van der Waals surface area contributed by atoms with Gasteiger partial charge in [-0.15, -0.1) is 11.8 Å². The van der Waals surface area contributed by atoms with Crippen molar-refractivity contribution >= 4 is 23.8 Å². The summed E-state index contributed by atoms with van der Waals surface area (Å²) in [6.07, 6.45) is 2.25. The van der Waals surface area contributed by atoms with E-state index >= 15 is 0 Å². The minimum Gasteiger partial charge on any atom is -0.447 e. The number of hydrogen-bond acceptors (Lipinski definition) is 4. The van der Waals surface area contributed by atoms with Gasteiger partial charge < -0.3 is 9.64 Å². The monoisotopic (exact) mass is 366 g/mol. The zero-order chi connectivity index (χ0) is 17.8. The Bertz CT molecular complexity index is 617. The molecule has 1 unspecified atom stereocenters. The molecule has 136 valence electrons. The first kappa shape index (κ1) is 18.0. The highest BCUT2D eigenvalue weighted by molar-refractivity contribution is 8.00. The quantitative estimate of drug-likeness (QED) is 0.751. The predicted molar refractivity (Wildman–Crippen MR) is 94.0 cm³/mol. The Labute approximate surface area is 151 Å². The molecule has 0 N–H and O–H groups in total. The number of piperidine rings is 1. The zero-order valence-corrected chi connectivity index (χ0v) is 15.1. The van der Waals surface area contributed by atoms with Crippen molar-refractivity contribution in [2.45, 2.75) is 43.2 Å². The number of thioether (sulfide) groups is 1. The zero-order valence-electron chi connectivity index (χ0n) is 14.3. The van der Waals surface area contributed by atoms with Crippen LogP contribution in [0.25, 0.3) is 0 Å². The summed E-state index contributed by atoms with van der Waals surface area (Å²) in [7, 11) is 0. The van der Waals surface area contributed by atoms with Gasteiger partial charge in [-0.25, -0.2) is 9.18 Å². The van der Waals surface area contributed by atoms with Crippen LogP contribution in [0.5, 0.6) is 0 Å². The number of nitrogens with zero attached hydrogens (tertiary/aromatic N) is 2. The molecule has 7 heteroatoms. The van der Waals surface area contributed by atoms with Gasteiger partial charge >= 0.3 is 6.09 Å². The summed E-state index contributed by atoms with van der Waals surface area (Å²) in [6, 6.07) is 6.49. The van der Waals surface area contributed by atoms with Crippen molar-refractivity contribution in [3.8, 4) is 0 Å². The normalized spacial score (nSPS) is 21.5. The summed E-state index contributed by atoms with van der Waals surface area (Å²) in [5, 5.41) is 0. The number of halogens is 1. The molecule has 1 aromatic carbocycles. The summed E-state index contributed by atoms with van der Waals surface area (Å²) < 4.78 is 18.1. The Hall–Kier alpha value is -1.76. The van der Waals surface area contributed by atoms with Gasteiger partial charge in [0, 0.05) is 24.0 Å².